The predicted octanol–water partition coefficient (Wildman–Crippen LogP) is 2.91. The van der Waals surface area contributed by atoms with E-state index in [1.165, 1.54) is 43.3 Å². The number of nitrogens with two attached hydrogens (primary N) is 1. The topological polar surface area (TPSA) is 146 Å². The number of aromatic nitrogens is 2. The SMILES string of the molecule is COCCOc1c(F)c(Oc2ccc(S(C)(=O)=O)nc2)cc2cc(C3=NCC(C(C)C(N)=O)S3)[nH]c12. The molecule has 0 bridgehead atoms. The lowest BCUT2D eigenvalue weighted by Crippen LogP contribution is -2.30. The first-order chi connectivity index (χ1) is 17.1. The summed E-state index contributed by atoms with van der Waals surface area (Å²) >= 11 is 1.43. The molecule has 1 amide bonds. The summed E-state index contributed by atoms with van der Waals surface area (Å²) in [4.78, 5) is 23.1. The lowest BCUT2D eigenvalue weighted by atomic mass is 10.1. The van der Waals surface area contributed by atoms with Crippen LogP contribution in [-0.2, 0) is 19.4 Å². The number of methoxy groups -OCH3 is 1. The number of primary amides is 1. The summed E-state index contributed by atoms with van der Waals surface area (Å²) in [5.41, 5.74) is 6.49. The Kier molecular flexibility index (Phi) is 7.52. The molecule has 0 fully saturated rings. The highest BCUT2D eigenvalue weighted by Crippen LogP contribution is 2.39. The molecule has 1 aromatic carbocycles. The zero-order valence-electron chi connectivity index (χ0n) is 19.8. The van der Waals surface area contributed by atoms with E-state index in [1.54, 1.807) is 13.0 Å². The number of nitrogens with one attached hydrogen (secondary N) is 1. The van der Waals surface area contributed by atoms with Gasteiger partial charge in [0.1, 0.15) is 17.4 Å². The molecule has 0 radical (unpaired) electrons. The second-order valence-corrected chi connectivity index (χ2v) is 11.4. The van der Waals surface area contributed by atoms with E-state index in [2.05, 4.69) is 15.0 Å². The quantitative estimate of drug-likeness (QED) is 0.376. The number of ether oxygens (including phenoxy) is 3. The molecule has 3 aromatic rings. The Balaban J connectivity index is 1.68. The van der Waals surface area contributed by atoms with Crippen LogP contribution in [-0.4, -0.2) is 67.7 Å². The summed E-state index contributed by atoms with van der Waals surface area (Å²) < 4.78 is 55.2. The van der Waals surface area contributed by atoms with Crippen molar-refractivity contribution in [1.29, 1.82) is 0 Å². The predicted molar refractivity (Wildman–Crippen MR) is 134 cm³/mol. The van der Waals surface area contributed by atoms with Crippen LogP contribution in [0.3, 0.4) is 0 Å². The lowest BCUT2D eigenvalue weighted by molar-refractivity contribution is -0.121. The molecule has 36 heavy (non-hydrogen) atoms. The van der Waals surface area contributed by atoms with Gasteiger partial charge in [0.15, 0.2) is 26.4 Å². The van der Waals surface area contributed by atoms with Gasteiger partial charge in [0.25, 0.3) is 0 Å². The number of carbonyl (C=O) groups is 1. The van der Waals surface area contributed by atoms with Crippen molar-refractivity contribution in [1.82, 2.24) is 9.97 Å². The minimum absolute atomic E-state index is 0.0582. The van der Waals surface area contributed by atoms with Crippen molar-refractivity contribution < 1.29 is 31.8 Å². The highest BCUT2D eigenvalue weighted by atomic mass is 32.2. The van der Waals surface area contributed by atoms with Gasteiger partial charge >= 0.3 is 0 Å². The average Bonchev–Trinajstić information content (AvgIpc) is 3.48. The third-order valence-corrected chi connectivity index (χ3v) is 7.98. The maximum Gasteiger partial charge on any atom is 0.221 e. The summed E-state index contributed by atoms with van der Waals surface area (Å²) in [7, 11) is -1.98. The number of amides is 1. The third kappa shape index (κ3) is 5.47. The molecule has 0 saturated carbocycles. The Labute approximate surface area is 211 Å². The van der Waals surface area contributed by atoms with E-state index >= 15 is 4.39 Å². The number of hydrogen-bond donors (Lipinski definition) is 2. The van der Waals surface area contributed by atoms with E-state index < -0.39 is 21.6 Å². The molecule has 0 saturated heterocycles. The van der Waals surface area contributed by atoms with Crippen LogP contribution in [0.1, 0.15) is 12.6 Å². The Bertz CT molecular complexity index is 1420. The molecular weight excluding hydrogens is 511 g/mol. The molecule has 3 heterocycles. The van der Waals surface area contributed by atoms with E-state index in [1.807, 2.05) is 0 Å². The van der Waals surface area contributed by atoms with Gasteiger partial charge in [-0.15, -0.1) is 0 Å². The number of sulfone groups is 1. The minimum Gasteiger partial charge on any atom is -0.486 e. The van der Waals surface area contributed by atoms with E-state index in [4.69, 9.17) is 19.9 Å². The van der Waals surface area contributed by atoms with Gasteiger partial charge in [0, 0.05) is 29.9 Å². The number of carbonyl (C=O) groups excluding carboxylic acids is 1. The molecule has 2 aromatic heterocycles. The summed E-state index contributed by atoms with van der Waals surface area (Å²) in [6.07, 6.45) is 2.25. The Morgan fingerprint density at radius 2 is 2.11 bits per heavy atom. The smallest absolute Gasteiger partial charge is 0.221 e. The van der Waals surface area contributed by atoms with E-state index in [9.17, 15) is 13.2 Å². The number of nitrogens with zero attached hydrogens (tertiary/aromatic N) is 2. The molecule has 13 heteroatoms. The maximum absolute atomic E-state index is 15.5. The molecule has 0 aliphatic carbocycles. The maximum atomic E-state index is 15.5. The van der Waals surface area contributed by atoms with Gasteiger partial charge < -0.3 is 24.9 Å². The Hall–Kier alpha value is -3.16. The number of hydrogen-bond acceptors (Lipinski definition) is 9. The fraction of sp³-hybridized carbons (Fsp3) is 0.348. The first-order valence-corrected chi connectivity index (χ1v) is 13.7. The number of halogens is 1. The highest BCUT2D eigenvalue weighted by molar-refractivity contribution is 8.15. The van der Waals surface area contributed by atoms with Crippen molar-refractivity contribution in [2.75, 3.05) is 33.1 Å². The first-order valence-electron chi connectivity index (χ1n) is 10.9. The molecular formula is C23H25FN4O6S2. The molecule has 4 rings (SSSR count). The first kappa shape index (κ1) is 25.9. The molecule has 0 spiro atoms. The van der Waals surface area contributed by atoms with Crippen LogP contribution in [0.2, 0.25) is 0 Å². The number of rotatable bonds is 10. The average molecular weight is 537 g/mol. The number of benzene rings is 1. The van der Waals surface area contributed by atoms with Crippen LogP contribution >= 0.6 is 11.8 Å². The number of aliphatic imine (C=N–C) groups is 1. The van der Waals surface area contributed by atoms with Gasteiger partial charge in [-0.2, -0.15) is 4.39 Å². The normalized spacial score (nSPS) is 16.7. The van der Waals surface area contributed by atoms with Crippen molar-refractivity contribution in [3.05, 3.63) is 42.0 Å². The molecule has 3 N–H and O–H groups in total. The molecule has 1 aliphatic rings. The molecule has 2 unspecified atom stereocenters. The van der Waals surface area contributed by atoms with Crippen molar-refractivity contribution in [2.24, 2.45) is 16.6 Å². The second kappa shape index (κ2) is 10.4. The zero-order valence-corrected chi connectivity index (χ0v) is 21.4. The Morgan fingerprint density at radius 3 is 2.75 bits per heavy atom. The molecule has 1 aliphatic heterocycles. The van der Waals surface area contributed by atoms with Crippen molar-refractivity contribution >= 4 is 43.5 Å². The van der Waals surface area contributed by atoms with Crippen molar-refractivity contribution in [3.8, 4) is 17.2 Å². The van der Waals surface area contributed by atoms with Crippen LogP contribution in [0.15, 0.2) is 40.5 Å². The minimum atomic E-state index is -3.48. The summed E-state index contributed by atoms with van der Waals surface area (Å²) in [6.45, 7) is 2.54. The van der Waals surface area contributed by atoms with Crippen molar-refractivity contribution in [2.45, 2.75) is 17.2 Å². The van der Waals surface area contributed by atoms with Gasteiger partial charge in [0.05, 0.1) is 30.6 Å². The fourth-order valence-corrected chi connectivity index (χ4v) is 5.23. The monoisotopic (exact) mass is 536 g/mol. The van der Waals surface area contributed by atoms with Gasteiger partial charge in [-0.3, -0.25) is 9.79 Å². The number of thioether (sulfide) groups is 1. The largest absolute Gasteiger partial charge is 0.486 e. The van der Waals surface area contributed by atoms with Crippen LogP contribution in [0.4, 0.5) is 4.39 Å². The van der Waals surface area contributed by atoms with Crippen LogP contribution < -0.4 is 15.2 Å². The highest BCUT2D eigenvalue weighted by Gasteiger charge is 2.30. The number of fused-ring (bicyclic) bond motifs is 1. The summed E-state index contributed by atoms with van der Waals surface area (Å²) in [6, 6.07) is 5.97. The van der Waals surface area contributed by atoms with Crippen LogP contribution in [0, 0.1) is 11.7 Å². The second-order valence-electron chi connectivity index (χ2n) is 8.21. The number of aromatic amines is 1. The van der Waals surface area contributed by atoms with Gasteiger partial charge in [-0.1, -0.05) is 18.7 Å². The van der Waals surface area contributed by atoms with E-state index in [0.29, 0.717) is 28.2 Å². The lowest BCUT2D eigenvalue weighted by Gasteiger charge is -2.13. The zero-order chi connectivity index (χ0) is 26.0. The molecule has 192 valence electrons. The van der Waals surface area contributed by atoms with Crippen LogP contribution in [0.5, 0.6) is 17.2 Å². The summed E-state index contributed by atoms with van der Waals surface area (Å²) in [5.74, 6) is -1.53. The van der Waals surface area contributed by atoms with Gasteiger partial charge in [0.2, 0.25) is 11.7 Å². The van der Waals surface area contributed by atoms with Crippen molar-refractivity contribution in [3.63, 3.8) is 0 Å². The van der Waals surface area contributed by atoms with Gasteiger partial charge in [-0.05, 0) is 24.3 Å². The van der Waals surface area contributed by atoms with Gasteiger partial charge in [-0.25, -0.2) is 13.4 Å². The van der Waals surface area contributed by atoms with Crippen LogP contribution in [0.25, 0.3) is 10.9 Å². The fourth-order valence-electron chi connectivity index (χ4n) is 3.51. The van der Waals surface area contributed by atoms with E-state index in [-0.39, 0.29) is 46.7 Å². The van der Waals surface area contributed by atoms with E-state index in [0.717, 1.165) is 6.26 Å². The Morgan fingerprint density at radius 1 is 1.33 bits per heavy atom. The number of pyridine rings is 1. The summed E-state index contributed by atoms with van der Waals surface area (Å²) in [5, 5.41) is 1.07. The number of H-pyrrole nitrogens is 1. The molecule has 10 nitrogen and oxygen atoms in total. The molecule has 2 atom stereocenters. The third-order valence-electron chi connectivity index (χ3n) is 5.54. The standard InChI is InChI=1S/C23H25FN4O6S2/c1-12(22(25)29)17-11-27-23(35-17)15-8-13-9-16(19(24)21(20(13)28-15)33-7-6-32-2)34-14-4-5-18(26-10-14)36(3,30)31/h4-5,8-10,12,17,28H,6-7,11H2,1-3H3,(H2,25,29).